The van der Waals surface area contributed by atoms with Crippen molar-refractivity contribution in [2.45, 2.75) is 31.9 Å². The quantitative estimate of drug-likeness (QED) is 0.537. The predicted molar refractivity (Wildman–Crippen MR) is 50.7 cm³/mol. The van der Waals surface area contributed by atoms with Crippen LogP contribution < -0.4 is 0 Å². The Kier molecular flexibility index (Phi) is 7.34. The van der Waals surface area contributed by atoms with Gasteiger partial charge in [0.25, 0.3) is 0 Å². The van der Waals surface area contributed by atoms with Gasteiger partial charge in [-0.25, -0.2) is 0 Å². The third-order valence-corrected chi connectivity index (χ3v) is 1.98. The standard InChI is InChI=1S/C4H8S.C3H8S/c1-2-4-5-3-1;1-3(2)4/h1-4H2;3-4H,1-2H3. The second-order valence-electron chi connectivity index (χ2n) is 2.41. The lowest BCUT2D eigenvalue weighted by molar-refractivity contribution is 0.949. The van der Waals surface area contributed by atoms with Gasteiger partial charge in [-0.1, -0.05) is 13.8 Å². The zero-order valence-corrected chi connectivity index (χ0v) is 7.97. The molecule has 0 radical (unpaired) electrons. The van der Waals surface area contributed by atoms with Gasteiger partial charge in [0.05, 0.1) is 0 Å². The summed E-state index contributed by atoms with van der Waals surface area (Å²) in [6, 6.07) is 0. The van der Waals surface area contributed by atoms with Crippen LogP contribution in [0.25, 0.3) is 0 Å². The Morgan fingerprint density at radius 2 is 1.56 bits per heavy atom. The van der Waals surface area contributed by atoms with Gasteiger partial charge >= 0.3 is 0 Å². The Labute approximate surface area is 68.2 Å². The highest BCUT2D eigenvalue weighted by molar-refractivity contribution is 7.99. The lowest BCUT2D eigenvalue weighted by Crippen LogP contribution is -1.71. The van der Waals surface area contributed by atoms with Crippen molar-refractivity contribution < 1.29 is 0 Å². The highest BCUT2D eigenvalue weighted by atomic mass is 32.2. The second kappa shape index (κ2) is 6.81. The molecule has 0 amide bonds. The first-order valence-electron chi connectivity index (χ1n) is 3.49. The summed E-state index contributed by atoms with van der Waals surface area (Å²) in [4.78, 5) is 0. The van der Waals surface area contributed by atoms with Crippen LogP contribution in [0.2, 0.25) is 0 Å². The molecule has 0 aromatic rings. The monoisotopic (exact) mass is 164 g/mol. The molecule has 0 N–H and O–H groups in total. The van der Waals surface area contributed by atoms with Crippen LogP contribution in [0.3, 0.4) is 0 Å². The van der Waals surface area contributed by atoms with Gasteiger partial charge < -0.3 is 0 Å². The van der Waals surface area contributed by atoms with Gasteiger partial charge in [-0.3, -0.25) is 0 Å². The minimum Gasteiger partial charge on any atom is -0.177 e. The summed E-state index contributed by atoms with van der Waals surface area (Å²) in [5.41, 5.74) is 0. The van der Waals surface area contributed by atoms with Gasteiger partial charge in [0, 0.05) is 0 Å². The smallest absolute Gasteiger partial charge is 0.00399 e. The van der Waals surface area contributed by atoms with Crippen LogP contribution >= 0.6 is 24.4 Å². The van der Waals surface area contributed by atoms with Gasteiger partial charge in [0.15, 0.2) is 0 Å². The minimum atomic E-state index is 0.528. The zero-order valence-electron chi connectivity index (χ0n) is 6.26. The molecule has 0 aromatic heterocycles. The fraction of sp³-hybridized carbons (Fsp3) is 1.00. The Morgan fingerprint density at radius 3 is 1.67 bits per heavy atom. The van der Waals surface area contributed by atoms with E-state index in [9.17, 15) is 0 Å². The van der Waals surface area contributed by atoms with E-state index in [2.05, 4.69) is 24.4 Å². The van der Waals surface area contributed by atoms with E-state index in [0.717, 1.165) is 0 Å². The van der Waals surface area contributed by atoms with E-state index in [1.807, 2.05) is 13.8 Å². The largest absolute Gasteiger partial charge is 0.177 e. The molecule has 0 spiro atoms. The molecule has 1 saturated heterocycles. The molecule has 0 unspecified atom stereocenters. The first-order chi connectivity index (χ1) is 4.23. The van der Waals surface area contributed by atoms with E-state index < -0.39 is 0 Å². The number of rotatable bonds is 0. The average Bonchev–Trinajstić information content (AvgIpc) is 2.11. The molecule has 1 aliphatic heterocycles. The molecular formula is C7H16S2. The van der Waals surface area contributed by atoms with Crippen molar-refractivity contribution in [2.75, 3.05) is 11.5 Å². The molecule has 0 aliphatic carbocycles. The Balaban J connectivity index is 0.000000148. The molecule has 1 aliphatic rings. The summed E-state index contributed by atoms with van der Waals surface area (Å²) in [7, 11) is 0. The molecule has 1 rings (SSSR count). The number of hydrogen-bond acceptors (Lipinski definition) is 2. The predicted octanol–water partition coefficient (Wildman–Crippen LogP) is 2.84. The van der Waals surface area contributed by atoms with Crippen LogP contribution in [0.15, 0.2) is 0 Å². The lowest BCUT2D eigenvalue weighted by atomic mass is 10.4. The zero-order chi connectivity index (χ0) is 7.11. The lowest BCUT2D eigenvalue weighted by Gasteiger charge is -1.78. The normalized spacial score (nSPS) is 17.3. The summed E-state index contributed by atoms with van der Waals surface area (Å²) in [5.74, 6) is 2.83. The van der Waals surface area contributed by atoms with Crippen LogP contribution in [0.4, 0.5) is 0 Å². The number of thioether (sulfide) groups is 1. The maximum atomic E-state index is 3.97. The molecule has 0 atom stereocenters. The fourth-order valence-corrected chi connectivity index (χ4v) is 1.53. The third-order valence-electron chi connectivity index (χ3n) is 0.827. The molecule has 0 nitrogen and oxygen atoms in total. The second-order valence-corrected chi connectivity index (χ2v) is 4.67. The summed E-state index contributed by atoms with van der Waals surface area (Å²) >= 11 is 6.04. The van der Waals surface area contributed by atoms with E-state index in [4.69, 9.17) is 0 Å². The molecule has 0 bridgehead atoms. The van der Waals surface area contributed by atoms with E-state index in [-0.39, 0.29) is 0 Å². The van der Waals surface area contributed by atoms with Crippen molar-refractivity contribution in [2.24, 2.45) is 0 Å². The first kappa shape index (κ1) is 9.70. The Hall–Kier alpha value is 0.700. The molecule has 9 heavy (non-hydrogen) atoms. The summed E-state index contributed by atoms with van der Waals surface area (Å²) in [5, 5.41) is 0.528. The third kappa shape index (κ3) is 12.0. The number of thiol groups is 1. The molecule has 1 fully saturated rings. The molecular weight excluding hydrogens is 148 g/mol. The van der Waals surface area contributed by atoms with Gasteiger partial charge in [-0.05, 0) is 29.6 Å². The number of hydrogen-bond donors (Lipinski definition) is 1. The van der Waals surface area contributed by atoms with E-state index >= 15 is 0 Å². The van der Waals surface area contributed by atoms with Gasteiger partial charge in [-0.2, -0.15) is 24.4 Å². The molecule has 0 aromatic carbocycles. The highest BCUT2D eigenvalue weighted by Gasteiger charge is 1.95. The Bertz CT molecular complexity index is 38.5. The van der Waals surface area contributed by atoms with Crippen molar-refractivity contribution in [3.8, 4) is 0 Å². The first-order valence-corrected chi connectivity index (χ1v) is 5.16. The maximum Gasteiger partial charge on any atom is -0.00399 e. The van der Waals surface area contributed by atoms with Crippen molar-refractivity contribution in [3.63, 3.8) is 0 Å². The van der Waals surface area contributed by atoms with Crippen molar-refractivity contribution in [1.82, 2.24) is 0 Å². The topological polar surface area (TPSA) is 0 Å². The molecule has 2 heteroatoms. The van der Waals surface area contributed by atoms with Crippen LogP contribution in [0, 0.1) is 0 Å². The molecule has 0 saturated carbocycles. The molecule has 56 valence electrons. The van der Waals surface area contributed by atoms with Gasteiger partial charge in [0.1, 0.15) is 0 Å². The molecule has 1 heterocycles. The van der Waals surface area contributed by atoms with E-state index in [1.54, 1.807) is 0 Å². The highest BCUT2D eigenvalue weighted by Crippen LogP contribution is 2.14. The van der Waals surface area contributed by atoms with Crippen LogP contribution in [0.5, 0.6) is 0 Å². The fourth-order valence-electron chi connectivity index (χ4n) is 0.510. The van der Waals surface area contributed by atoms with Gasteiger partial charge in [0.2, 0.25) is 0 Å². The van der Waals surface area contributed by atoms with E-state index in [0.29, 0.717) is 5.25 Å². The van der Waals surface area contributed by atoms with Crippen molar-refractivity contribution in [3.05, 3.63) is 0 Å². The van der Waals surface area contributed by atoms with Crippen molar-refractivity contribution >= 4 is 24.4 Å². The maximum absolute atomic E-state index is 3.97. The average molecular weight is 164 g/mol. The van der Waals surface area contributed by atoms with Crippen LogP contribution in [0.1, 0.15) is 26.7 Å². The summed E-state index contributed by atoms with van der Waals surface area (Å²) < 4.78 is 0. The van der Waals surface area contributed by atoms with Crippen LogP contribution in [-0.4, -0.2) is 16.8 Å². The van der Waals surface area contributed by atoms with Crippen LogP contribution in [-0.2, 0) is 0 Å². The summed E-state index contributed by atoms with van der Waals surface area (Å²) in [6.07, 6.45) is 2.93. The Morgan fingerprint density at radius 1 is 1.22 bits per heavy atom. The summed E-state index contributed by atoms with van der Waals surface area (Å²) in [6.45, 7) is 4.06. The SMILES string of the molecule is C1CCSC1.CC(C)S. The minimum absolute atomic E-state index is 0.528. The van der Waals surface area contributed by atoms with Gasteiger partial charge in [-0.15, -0.1) is 0 Å². The van der Waals surface area contributed by atoms with Crippen molar-refractivity contribution in [1.29, 1.82) is 0 Å². The van der Waals surface area contributed by atoms with E-state index in [1.165, 1.54) is 24.3 Å².